The molecule has 0 unspecified atom stereocenters. The zero-order valence-electron chi connectivity index (χ0n) is 4.53. The van der Waals surface area contributed by atoms with Crippen LogP contribution in [-0.4, -0.2) is 4.92 Å². The molecule has 0 saturated heterocycles. The monoisotopic (exact) mass is 126 g/mol. The molecule has 47 valence electrons. The van der Waals surface area contributed by atoms with Crippen LogP contribution in [0.3, 0.4) is 0 Å². The van der Waals surface area contributed by atoms with Gasteiger partial charge >= 0.3 is 5.88 Å². The van der Waals surface area contributed by atoms with Gasteiger partial charge in [-0.15, -0.1) is 0 Å². The smallest absolute Gasteiger partial charge is 0.406 e. The van der Waals surface area contributed by atoms with Gasteiger partial charge in [0.2, 0.25) is 0 Å². The molecule has 0 bridgehead atoms. The van der Waals surface area contributed by atoms with Crippen molar-refractivity contribution in [1.82, 2.24) is 0 Å². The quantitative estimate of drug-likeness (QED) is 0.421. The number of nitro groups is 1. The van der Waals surface area contributed by atoms with Gasteiger partial charge in [-0.2, -0.15) is 0 Å². The van der Waals surface area contributed by atoms with E-state index in [1.807, 2.05) is 0 Å². The Bertz CT molecular complexity index is 228. The lowest BCUT2D eigenvalue weighted by molar-refractivity contribution is -0.402. The summed E-state index contributed by atoms with van der Waals surface area (Å²) < 4.78 is 4.53. The van der Waals surface area contributed by atoms with Crippen LogP contribution in [0.2, 0.25) is 0 Å². The van der Waals surface area contributed by atoms with Crippen LogP contribution in [0.5, 0.6) is 0 Å². The predicted molar refractivity (Wildman–Crippen MR) is 29.8 cm³/mol. The Kier molecular flexibility index (Phi) is 1.22. The minimum absolute atomic E-state index is 0.264. The van der Waals surface area contributed by atoms with E-state index < -0.39 is 4.92 Å². The standard InChI is InChI=1S/C5H4NO3/c1-4-2-3-5(9-4)6(7)8/h2-3H,1H2. The normalized spacial score (nSPS) is 9.44. The molecule has 0 aliphatic carbocycles. The summed E-state index contributed by atoms with van der Waals surface area (Å²) in [6.45, 7) is 3.35. The highest BCUT2D eigenvalue weighted by molar-refractivity contribution is 5.18. The van der Waals surface area contributed by atoms with Crippen molar-refractivity contribution < 1.29 is 9.34 Å². The van der Waals surface area contributed by atoms with E-state index in [-0.39, 0.29) is 5.88 Å². The molecule has 1 radical (unpaired) electrons. The fourth-order valence-corrected chi connectivity index (χ4v) is 0.465. The van der Waals surface area contributed by atoms with Gasteiger partial charge in [0.15, 0.2) is 0 Å². The van der Waals surface area contributed by atoms with E-state index in [9.17, 15) is 10.1 Å². The van der Waals surface area contributed by atoms with E-state index in [1.54, 1.807) is 0 Å². The predicted octanol–water partition coefficient (Wildman–Crippen LogP) is 1.37. The first-order valence-electron chi connectivity index (χ1n) is 2.26. The Morgan fingerprint density at radius 2 is 2.33 bits per heavy atom. The Morgan fingerprint density at radius 1 is 1.67 bits per heavy atom. The van der Waals surface area contributed by atoms with E-state index in [0.717, 1.165) is 0 Å². The van der Waals surface area contributed by atoms with E-state index in [2.05, 4.69) is 11.3 Å². The molecule has 0 aromatic carbocycles. The van der Waals surface area contributed by atoms with Gasteiger partial charge in [0, 0.05) is 6.92 Å². The van der Waals surface area contributed by atoms with Crippen LogP contribution in [0.15, 0.2) is 16.5 Å². The Morgan fingerprint density at radius 3 is 2.56 bits per heavy atom. The summed E-state index contributed by atoms with van der Waals surface area (Å²) in [7, 11) is 0. The largest absolute Gasteiger partial charge is 0.433 e. The molecule has 4 nitrogen and oxygen atoms in total. The summed E-state index contributed by atoms with van der Waals surface area (Å²) in [5.74, 6) is 0.0432. The molecule has 0 aliphatic heterocycles. The van der Waals surface area contributed by atoms with Crippen LogP contribution in [0.1, 0.15) is 5.76 Å². The minimum Gasteiger partial charge on any atom is -0.406 e. The highest BCUT2D eigenvalue weighted by atomic mass is 16.6. The van der Waals surface area contributed by atoms with Gasteiger partial charge in [-0.3, -0.25) is 10.1 Å². The molecule has 0 atom stereocenters. The van der Waals surface area contributed by atoms with Crippen LogP contribution in [0, 0.1) is 17.0 Å². The van der Waals surface area contributed by atoms with Crippen LogP contribution in [0.25, 0.3) is 0 Å². The summed E-state index contributed by atoms with van der Waals surface area (Å²) in [5.41, 5.74) is 0. The number of nitrogens with zero attached hydrogens (tertiary/aromatic N) is 1. The lowest BCUT2D eigenvalue weighted by Crippen LogP contribution is -1.82. The second-order valence-electron chi connectivity index (χ2n) is 1.50. The first kappa shape index (κ1) is 5.81. The molecule has 1 rings (SSSR count). The molecule has 0 N–H and O–H groups in total. The van der Waals surface area contributed by atoms with Crippen molar-refractivity contribution in [2.45, 2.75) is 0 Å². The fourth-order valence-electron chi connectivity index (χ4n) is 0.465. The van der Waals surface area contributed by atoms with Crippen molar-refractivity contribution in [1.29, 1.82) is 0 Å². The second kappa shape index (κ2) is 1.89. The highest BCUT2D eigenvalue weighted by Crippen LogP contribution is 2.13. The lowest BCUT2D eigenvalue weighted by Gasteiger charge is -1.79. The van der Waals surface area contributed by atoms with Gasteiger partial charge in [-0.05, 0) is 6.07 Å². The van der Waals surface area contributed by atoms with Crippen molar-refractivity contribution in [3.8, 4) is 0 Å². The zero-order valence-corrected chi connectivity index (χ0v) is 4.53. The molecule has 1 heterocycles. The summed E-state index contributed by atoms with van der Waals surface area (Å²) in [6.07, 6.45) is 0. The maximum Gasteiger partial charge on any atom is 0.433 e. The highest BCUT2D eigenvalue weighted by Gasteiger charge is 2.07. The van der Waals surface area contributed by atoms with Crippen molar-refractivity contribution >= 4 is 5.88 Å². The Balaban J connectivity index is 2.98. The number of rotatable bonds is 1. The zero-order chi connectivity index (χ0) is 6.85. The fraction of sp³-hybridized carbons (Fsp3) is 0. The third-order valence-corrected chi connectivity index (χ3v) is 0.827. The molecule has 1 aromatic rings. The van der Waals surface area contributed by atoms with Crippen molar-refractivity contribution in [2.24, 2.45) is 0 Å². The van der Waals surface area contributed by atoms with Crippen LogP contribution in [-0.2, 0) is 0 Å². The molecule has 0 spiro atoms. The van der Waals surface area contributed by atoms with Crippen LogP contribution >= 0.6 is 0 Å². The van der Waals surface area contributed by atoms with Gasteiger partial charge in [0.25, 0.3) is 0 Å². The Labute approximate surface area is 51.2 Å². The summed E-state index contributed by atoms with van der Waals surface area (Å²) in [5, 5.41) is 9.90. The molecule has 0 fully saturated rings. The summed E-state index contributed by atoms with van der Waals surface area (Å²) in [6, 6.07) is 2.71. The number of hydrogen-bond donors (Lipinski definition) is 0. The first-order chi connectivity index (χ1) is 4.20. The number of hydrogen-bond acceptors (Lipinski definition) is 3. The van der Waals surface area contributed by atoms with E-state index in [0.29, 0.717) is 5.76 Å². The summed E-state index contributed by atoms with van der Waals surface area (Å²) >= 11 is 0. The van der Waals surface area contributed by atoms with Crippen molar-refractivity contribution in [3.63, 3.8) is 0 Å². The molecule has 1 aromatic heterocycles. The maximum absolute atomic E-state index is 9.90. The van der Waals surface area contributed by atoms with Gasteiger partial charge in [0.05, 0.1) is 6.07 Å². The van der Waals surface area contributed by atoms with E-state index in [1.165, 1.54) is 12.1 Å². The van der Waals surface area contributed by atoms with Crippen LogP contribution in [0.4, 0.5) is 5.88 Å². The van der Waals surface area contributed by atoms with Crippen molar-refractivity contribution in [2.75, 3.05) is 0 Å². The third kappa shape index (κ3) is 1.07. The average Bonchev–Trinajstić information content (AvgIpc) is 2.14. The summed E-state index contributed by atoms with van der Waals surface area (Å²) in [4.78, 5) is 9.30. The molecule has 0 amide bonds. The molecular weight excluding hydrogens is 122 g/mol. The van der Waals surface area contributed by atoms with Gasteiger partial charge < -0.3 is 4.42 Å². The van der Waals surface area contributed by atoms with Crippen molar-refractivity contribution in [3.05, 3.63) is 34.9 Å². The topological polar surface area (TPSA) is 56.3 Å². The Hall–Kier alpha value is -1.32. The maximum atomic E-state index is 9.90. The molecule has 0 aliphatic rings. The van der Waals surface area contributed by atoms with Crippen LogP contribution < -0.4 is 0 Å². The SMILES string of the molecule is [CH2]c1ccc([N+](=O)[O-])o1. The van der Waals surface area contributed by atoms with E-state index in [4.69, 9.17) is 0 Å². The molecule has 9 heavy (non-hydrogen) atoms. The average molecular weight is 126 g/mol. The molecular formula is C5H4NO3. The molecule has 0 saturated carbocycles. The number of furan rings is 1. The van der Waals surface area contributed by atoms with E-state index >= 15 is 0 Å². The van der Waals surface area contributed by atoms with Gasteiger partial charge in [-0.25, -0.2) is 0 Å². The second-order valence-corrected chi connectivity index (χ2v) is 1.50. The lowest BCUT2D eigenvalue weighted by atomic mass is 10.5. The minimum atomic E-state index is -0.602. The first-order valence-corrected chi connectivity index (χ1v) is 2.26. The third-order valence-electron chi connectivity index (χ3n) is 0.827. The van der Waals surface area contributed by atoms with Gasteiger partial charge in [0.1, 0.15) is 10.7 Å². The van der Waals surface area contributed by atoms with Gasteiger partial charge in [-0.1, -0.05) is 0 Å². The molecule has 4 heteroatoms.